The topological polar surface area (TPSA) is 71.0 Å². The van der Waals surface area contributed by atoms with Crippen molar-refractivity contribution in [2.24, 2.45) is 4.99 Å². The van der Waals surface area contributed by atoms with Crippen LogP contribution in [0.1, 0.15) is 22.8 Å². The van der Waals surface area contributed by atoms with Gasteiger partial charge >= 0.3 is 5.97 Å². The Balaban J connectivity index is 1.72. The van der Waals surface area contributed by atoms with Crippen molar-refractivity contribution in [3.05, 3.63) is 64.6 Å². The van der Waals surface area contributed by atoms with E-state index in [4.69, 9.17) is 4.74 Å². The van der Waals surface area contributed by atoms with E-state index >= 15 is 0 Å². The molecular formula is C21H21N3O3S. The fourth-order valence-corrected chi connectivity index (χ4v) is 3.35. The highest BCUT2D eigenvalue weighted by molar-refractivity contribution is 8.18. The predicted octanol–water partition coefficient (Wildman–Crippen LogP) is 3.82. The highest BCUT2D eigenvalue weighted by Crippen LogP contribution is 2.28. The van der Waals surface area contributed by atoms with Gasteiger partial charge in [0.2, 0.25) is 0 Å². The molecule has 0 bridgehead atoms. The number of carbonyl (C=O) groups excluding carboxylic acids is 2. The van der Waals surface area contributed by atoms with Gasteiger partial charge in [-0.2, -0.15) is 0 Å². The van der Waals surface area contributed by atoms with E-state index in [1.54, 1.807) is 31.2 Å². The fraction of sp³-hybridized carbons (Fsp3) is 0.190. The summed E-state index contributed by atoms with van der Waals surface area (Å²) < 4.78 is 4.96. The lowest BCUT2D eigenvalue weighted by Crippen LogP contribution is -2.19. The van der Waals surface area contributed by atoms with E-state index in [2.05, 4.69) is 10.3 Å². The normalized spacial score (nSPS) is 16.3. The van der Waals surface area contributed by atoms with Crippen LogP contribution in [0, 0.1) is 0 Å². The van der Waals surface area contributed by atoms with Gasteiger partial charge in [0.25, 0.3) is 5.91 Å². The number of amidine groups is 1. The third-order valence-corrected chi connectivity index (χ3v) is 4.88. The van der Waals surface area contributed by atoms with Crippen LogP contribution in [0.2, 0.25) is 0 Å². The molecule has 0 spiro atoms. The van der Waals surface area contributed by atoms with E-state index < -0.39 is 0 Å². The molecule has 1 N–H and O–H groups in total. The van der Waals surface area contributed by atoms with Crippen LogP contribution in [0.25, 0.3) is 6.08 Å². The van der Waals surface area contributed by atoms with Crippen LogP contribution in [0.15, 0.2) is 58.4 Å². The number of rotatable bonds is 5. The summed E-state index contributed by atoms with van der Waals surface area (Å²) in [7, 11) is 3.96. The Morgan fingerprint density at radius 1 is 1.14 bits per heavy atom. The Labute approximate surface area is 168 Å². The first-order valence-corrected chi connectivity index (χ1v) is 9.62. The number of nitrogens with one attached hydrogen (secondary N) is 1. The predicted molar refractivity (Wildman–Crippen MR) is 114 cm³/mol. The van der Waals surface area contributed by atoms with Crippen LogP contribution in [0.3, 0.4) is 0 Å². The molecular weight excluding hydrogens is 374 g/mol. The summed E-state index contributed by atoms with van der Waals surface area (Å²) in [5, 5.41) is 3.27. The first kappa shape index (κ1) is 19.7. The molecule has 1 aliphatic rings. The summed E-state index contributed by atoms with van der Waals surface area (Å²) >= 11 is 1.29. The second-order valence-corrected chi connectivity index (χ2v) is 7.27. The molecule has 3 rings (SSSR count). The fourth-order valence-electron chi connectivity index (χ4n) is 2.50. The molecule has 0 aromatic heterocycles. The number of amides is 1. The number of carbonyl (C=O) groups is 2. The molecule has 1 aliphatic heterocycles. The third-order valence-electron chi connectivity index (χ3n) is 3.97. The molecule has 7 heteroatoms. The zero-order chi connectivity index (χ0) is 20.1. The SMILES string of the molecule is CCOC(=O)c1ccc(N=C2NC(=O)/C(=C/c3ccc(N(C)C)cc3)S2)cc1. The molecule has 2 aromatic rings. The molecule has 1 amide bonds. The van der Waals surface area contributed by atoms with Crippen LogP contribution >= 0.6 is 11.8 Å². The number of aliphatic imine (C=N–C) groups is 1. The van der Waals surface area contributed by atoms with Crippen LogP contribution < -0.4 is 10.2 Å². The Hall–Kier alpha value is -3.06. The van der Waals surface area contributed by atoms with E-state index in [-0.39, 0.29) is 11.9 Å². The number of anilines is 1. The van der Waals surface area contributed by atoms with Gasteiger partial charge in [-0.25, -0.2) is 9.79 Å². The summed E-state index contributed by atoms with van der Waals surface area (Å²) in [5.41, 5.74) is 3.16. The maximum atomic E-state index is 12.2. The van der Waals surface area contributed by atoms with Gasteiger partial charge in [-0.15, -0.1) is 0 Å². The quantitative estimate of drug-likeness (QED) is 0.616. The van der Waals surface area contributed by atoms with Crippen LogP contribution in [-0.4, -0.2) is 37.7 Å². The first-order valence-electron chi connectivity index (χ1n) is 8.80. The molecule has 2 aromatic carbocycles. The maximum absolute atomic E-state index is 12.2. The number of ether oxygens (including phenoxy) is 1. The van der Waals surface area contributed by atoms with Gasteiger partial charge in [-0.3, -0.25) is 4.79 Å². The minimum Gasteiger partial charge on any atom is -0.462 e. The molecule has 6 nitrogen and oxygen atoms in total. The van der Waals surface area contributed by atoms with E-state index in [0.29, 0.717) is 27.9 Å². The molecule has 0 unspecified atom stereocenters. The zero-order valence-corrected chi connectivity index (χ0v) is 16.7. The molecule has 0 atom stereocenters. The second kappa shape index (κ2) is 8.75. The maximum Gasteiger partial charge on any atom is 0.338 e. The summed E-state index contributed by atoms with van der Waals surface area (Å²) in [6.45, 7) is 2.10. The Morgan fingerprint density at radius 3 is 2.43 bits per heavy atom. The molecule has 1 heterocycles. The van der Waals surface area contributed by atoms with Crippen LogP contribution in [0.5, 0.6) is 0 Å². The number of thioether (sulfide) groups is 1. The monoisotopic (exact) mass is 395 g/mol. The van der Waals surface area contributed by atoms with Gasteiger partial charge in [0.15, 0.2) is 5.17 Å². The van der Waals surface area contributed by atoms with E-state index in [1.807, 2.05) is 49.3 Å². The van der Waals surface area contributed by atoms with E-state index in [9.17, 15) is 9.59 Å². The van der Waals surface area contributed by atoms with Gasteiger partial charge in [0.1, 0.15) is 0 Å². The summed E-state index contributed by atoms with van der Waals surface area (Å²) in [4.78, 5) is 30.9. The minimum absolute atomic E-state index is 0.177. The van der Waals surface area contributed by atoms with Crippen molar-refractivity contribution in [2.75, 3.05) is 25.6 Å². The zero-order valence-electron chi connectivity index (χ0n) is 15.9. The standard InChI is InChI=1S/C21H21N3O3S/c1-4-27-20(26)15-7-9-16(10-8-15)22-21-23-19(25)18(28-21)13-14-5-11-17(12-6-14)24(2)3/h5-13H,4H2,1-3H3,(H,22,23,25)/b18-13-. The van der Waals surface area contributed by atoms with Gasteiger partial charge in [0.05, 0.1) is 22.8 Å². The highest BCUT2D eigenvalue weighted by Gasteiger charge is 2.23. The molecule has 0 radical (unpaired) electrons. The molecule has 1 saturated heterocycles. The summed E-state index contributed by atoms with van der Waals surface area (Å²) in [6, 6.07) is 14.7. The molecule has 0 aliphatic carbocycles. The van der Waals surface area contributed by atoms with E-state index in [1.165, 1.54) is 11.8 Å². The average molecular weight is 395 g/mol. The Bertz CT molecular complexity index is 932. The number of nitrogens with zero attached hydrogens (tertiary/aromatic N) is 2. The summed E-state index contributed by atoms with van der Waals surface area (Å²) in [6.07, 6.45) is 1.84. The largest absolute Gasteiger partial charge is 0.462 e. The smallest absolute Gasteiger partial charge is 0.338 e. The number of benzene rings is 2. The number of hydrogen-bond acceptors (Lipinski definition) is 6. The van der Waals surface area contributed by atoms with Crippen LogP contribution in [0.4, 0.5) is 11.4 Å². The van der Waals surface area contributed by atoms with Gasteiger partial charge in [-0.1, -0.05) is 12.1 Å². The van der Waals surface area contributed by atoms with Crippen molar-refractivity contribution in [2.45, 2.75) is 6.92 Å². The van der Waals surface area contributed by atoms with Gasteiger partial charge < -0.3 is 15.0 Å². The van der Waals surface area contributed by atoms with E-state index in [0.717, 1.165) is 11.3 Å². The average Bonchev–Trinajstić information content (AvgIpc) is 3.01. The van der Waals surface area contributed by atoms with Crippen LogP contribution in [-0.2, 0) is 9.53 Å². The van der Waals surface area contributed by atoms with Crippen molar-refractivity contribution >= 4 is 46.3 Å². The van der Waals surface area contributed by atoms with Gasteiger partial charge in [-0.05, 0) is 66.7 Å². The van der Waals surface area contributed by atoms with Crippen molar-refractivity contribution in [1.82, 2.24) is 5.32 Å². The van der Waals surface area contributed by atoms with Crippen molar-refractivity contribution in [3.63, 3.8) is 0 Å². The lowest BCUT2D eigenvalue weighted by atomic mass is 10.2. The van der Waals surface area contributed by atoms with Crippen molar-refractivity contribution in [3.8, 4) is 0 Å². The van der Waals surface area contributed by atoms with Crippen molar-refractivity contribution < 1.29 is 14.3 Å². The highest BCUT2D eigenvalue weighted by atomic mass is 32.2. The first-order chi connectivity index (χ1) is 13.5. The lowest BCUT2D eigenvalue weighted by molar-refractivity contribution is -0.115. The minimum atomic E-state index is -0.365. The lowest BCUT2D eigenvalue weighted by Gasteiger charge is -2.11. The molecule has 0 saturated carbocycles. The number of esters is 1. The Kier molecular flexibility index (Phi) is 6.16. The third kappa shape index (κ3) is 4.80. The second-order valence-electron chi connectivity index (χ2n) is 6.24. The molecule has 28 heavy (non-hydrogen) atoms. The van der Waals surface area contributed by atoms with Crippen molar-refractivity contribution in [1.29, 1.82) is 0 Å². The Morgan fingerprint density at radius 2 is 1.82 bits per heavy atom. The molecule has 144 valence electrons. The van der Waals surface area contributed by atoms with Gasteiger partial charge in [0, 0.05) is 19.8 Å². The summed E-state index contributed by atoms with van der Waals surface area (Å²) in [5.74, 6) is -0.542. The molecule has 1 fully saturated rings. The number of hydrogen-bond donors (Lipinski definition) is 1.